The van der Waals surface area contributed by atoms with Gasteiger partial charge in [0.1, 0.15) is 5.82 Å². The van der Waals surface area contributed by atoms with E-state index in [1.54, 1.807) is 12.1 Å². The largest absolute Gasteiger partial charge is 0.379 e. The molecule has 4 heteroatoms. The van der Waals surface area contributed by atoms with Crippen LogP contribution < -0.4 is 5.32 Å². The average molecular weight is 264 g/mol. The Morgan fingerprint density at radius 3 is 3.00 bits per heavy atom. The van der Waals surface area contributed by atoms with Crippen molar-refractivity contribution in [3.63, 3.8) is 0 Å². The Labute approximate surface area is 112 Å². The SMILES string of the molecule is CCSC1CCCC1Nc1ccc(C#N)cc1F. The van der Waals surface area contributed by atoms with Crippen LogP contribution in [0.25, 0.3) is 0 Å². The molecule has 96 valence electrons. The van der Waals surface area contributed by atoms with Crippen LogP contribution in [-0.2, 0) is 0 Å². The molecule has 0 radical (unpaired) electrons. The third kappa shape index (κ3) is 2.97. The standard InChI is InChI=1S/C14H17FN2S/c1-2-18-14-5-3-4-13(14)17-12-7-6-10(9-16)8-11(12)15/h6-8,13-14,17H,2-5H2,1H3. The average Bonchev–Trinajstić information content (AvgIpc) is 2.80. The summed E-state index contributed by atoms with van der Waals surface area (Å²) in [6.07, 6.45) is 3.50. The summed E-state index contributed by atoms with van der Waals surface area (Å²) in [5, 5.41) is 12.6. The predicted molar refractivity (Wildman–Crippen MR) is 74.3 cm³/mol. The van der Waals surface area contributed by atoms with Crippen LogP contribution >= 0.6 is 11.8 Å². The van der Waals surface area contributed by atoms with E-state index in [9.17, 15) is 4.39 Å². The van der Waals surface area contributed by atoms with Crippen molar-refractivity contribution in [2.45, 2.75) is 37.5 Å². The van der Waals surface area contributed by atoms with E-state index < -0.39 is 0 Å². The van der Waals surface area contributed by atoms with E-state index in [-0.39, 0.29) is 5.82 Å². The number of hydrogen-bond donors (Lipinski definition) is 1. The van der Waals surface area contributed by atoms with E-state index in [4.69, 9.17) is 5.26 Å². The number of nitriles is 1. The lowest BCUT2D eigenvalue weighted by atomic mass is 10.2. The molecule has 1 aliphatic rings. The molecule has 1 saturated carbocycles. The van der Waals surface area contributed by atoms with Crippen molar-refractivity contribution in [1.82, 2.24) is 0 Å². The van der Waals surface area contributed by atoms with Gasteiger partial charge in [0.2, 0.25) is 0 Å². The molecule has 2 rings (SSSR count). The first-order chi connectivity index (χ1) is 8.74. The van der Waals surface area contributed by atoms with Crippen LogP contribution in [0.5, 0.6) is 0 Å². The molecule has 2 nitrogen and oxygen atoms in total. The van der Waals surface area contributed by atoms with Gasteiger partial charge in [-0.1, -0.05) is 13.3 Å². The van der Waals surface area contributed by atoms with Gasteiger partial charge in [-0.15, -0.1) is 0 Å². The summed E-state index contributed by atoms with van der Waals surface area (Å²) >= 11 is 1.94. The number of hydrogen-bond acceptors (Lipinski definition) is 3. The molecule has 1 aromatic carbocycles. The number of nitrogens with one attached hydrogen (secondary N) is 1. The van der Waals surface area contributed by atoms with E-state index in [1.807, 2.05) is 17.8 Å². The fourth-order valence-electron chi connectivity index (χ4n) is 2.41. The van der Waals surface area contributed by atoms with Gasteiger partial charge >= 0.3 is 0 Å². The van der Waals surface area contributed by atoms with E-state index >= 15 is 0 Å². The number of halogens is 1. The number of anilines is 1. The highest BCUT2D eigenvalue weighted by atomic mass is 32.2. The zero-order chi connectivity index (χ0) is 13.0. The van der Waals surface area contributed by atoms with Crippen LogP contribution in [0.4, 0.5) is 10.1 Å². The second-order valence-electron chi connectivity index (χ2n) is 4.48. The molecule has 0 aliphatic heterocycles. The third-order valence-electron chi connectivity index (χ3n) is 3.27. The molecular formula is C14H17FN2S. The molecule has 0 bridgehead atoms. The Bertz CT molecular complexity index is 456. The fourth-order valence-corrected chi connectivity index (χ4v) is 3.60. The van der Waals surface area contributed by atoms with Crippen molar-refractivity contribution in [2.24, 2.45) is 0 Å². The Morgan fingerprint density at radius 1 is 1.50 bits per heavy atom. The zero-order valence-electron chi connectivity index (χ0n) is 10.4. The summed E-state index contributed by atoms with van der Waals surface area (Å²) < 4.78 is 13.8. The van der Waals surface area contributed by atoms with Crippen LogP contribution in [0.1, 0.15) is 31.7 Å². The van der Waals surface area contributed by atoms with E-state index in [0.29, 0.717) is 22.5 Å². The van der Waals surface area contributed by atoms with Crippen LogP contribution in [0.3, 0.4) is 0 Å². The summed E-state index contributed by atoms with van der Waals surface area (Å²) in [6, 6.07) is 6.90. The topological polar surface area (TPSA) is 35.8 Å². The highest BCUT2D eigenvalue weighted by Gasteiger charge is 2.27. The summed E-state index contributed by atoms with van der Waals surface area (Å²) in [4.78, 5) is 0. The summed E-state index contributed by atoms with van der Waals surface area (Å²) in [5.41, 5.74) is 0.881. The van der Waals surface area contributed by atoms with Crippen molar-refractivity contribution in [2.75, 3.05) is 11.1 Å². The summed E-state index contributed by atoms with van der Waals surface area (Å²) in [5.74, 6) is 0.764. The first-order valence-corrected chi connectivity index (χ1v) is 7.37. The molecule has 0 heterocycles. The molecule has 0 spiro atoms. The fraction of sp³-hybridized carbons (Fsp3) is 0.500. The molecule has 2 unspecified atom stereocenters. The van der Waals surface area contributed by atoms with Crippen LogP contribution in [-0.4, -0.2) is 17.0 Å². The Hall–Kier alpha value is -1.21. The minimum absolute atomic E-state index is 0.332. The Balaban J connectivity index is 2.07. The van der Waals surface area contributed by atoms with E-state index in [0.717, 1.165) is 12.2 Å². The summed E-state index contributed by atoms with van der Waals surface area (Å²) in [7, 11) is 0. The van der Waals surface area contributed by atoms with Gasteiger partial charge in [0.05, 0.1) is 17.3 Å². The van der Waals surface area contributed by atoms with Gasteiger partial charge < -0.3 is 5.32 Å². The second kappa shape index (κ2) is 6.10. The molecule has 0 aromatic heterocycles. The van der Waals surface area contributed by atoms with Gasteiger partial charge in [0.15, 0.2) is 0 Å². The van der Waals surface area contributed by atoms with Crippen LogP contribution in [0, 0.1) is 17.1 Å². The number of rotatable bonds is 4. The van der Waals surface area contributed by atoms with Gasteiger partial charge in [-0.3, -0.25) is 0 Å². The highest BCUT2D eigenvalue weighted by molar-refractivity contribution is 7.99. The van der Waals surface area contributed by atoms with Crippen molar-refractivity contribution < 1.29 is 4.39 Å². The maximum Gasteiger partial charge on any atom is 0.147 e. The Morgan fingerprint density at radius 2 is 2.33 bits per heavy atom. The van der Waals surface area contributed by atoms with Crippen molar-refractivity contribution in [3.8, 4) is 6.07 Å². The minimum Gasteiger partial charge on any atom is -0.379 e. The monoisotopic (exact) mass is 264 g/mol. The first kappa shape index (κ1) is 13.2. The zero-order valence-corrected chi connectivity index (χ0v) is 11.3. The smallest absolute Gasteiger partial charge is 0.147 e. The predicted octanol–water partition coefficient (Wildman–Crippen LogP) is 3.78. The Kier molecular flexibility index (Phi) is 4.48. The maximum absolute atomic E-state index is 13.8. The molecule has 1 N–H and O–H groups in total. The molecule has 1 fully saturated rings. The van der Waals surface area contributed by atoms with Crippen molar-refractivity contribution >= 4 is 17.4 Å². The van der Waals surface area contributed by atoms with Crippen molar-refractivity contribution in [3.05, 3.63) is 29.6 Å². The van der Waals surface area contributed by atoms with Gasteiger partial charge in [-0.2, -0.15) is 17.0 Å². The molecule has 0 amide bonds. The van der Waals surface area contributed by atoms with Crippen LogP contribution in [0.15, 0.2) is 18.2 Å². The lowest BCUT2D eigenvalue weighted by Gasteiger charge is -2.21. The maximum atomic E-state index is 13.8. The van der Waals surface area contributed by atoms with Gasteiger partial charge in [-0.05, 0) is 36.8 Å². The molecule has 18 heavy (non-hydrogen) atoms. The summed E-state index contributed by atoms with van der Waals surface area (Å²) in [6.45, 7) is 2.16. The third-order valence-corrected chi connectivity index (χ3v) is 4.60. The van der Waals surface area contributed by atoms with E-state index in [1.165, 1.54) is 18.9 Å². The molecule has 1 aromatic rings. The van der Waals surface area contributed by atoms with E-state index in [2.05, 4.69) is 12.2 Å². The number of thioether (sulfide) groups is 1. The second-order valence-corrected chi connectivity index (χ2v) is 6.00. The van der Waals surface area contributed by atoms with Crippen molar-refractivity contribution in [1.29, 1.82) is 5.26 Å². The van der Waals surface area contributed by atoms with Crippen LogP contribution in [0.2, 0.25) is 0 Å². The molecule has 1 aliphatic carbocycles. The minimum atomic E-state index is -0.332. The first-order valence-electron chi connectivity index (χ1n) is 6.32. The lowest BCUT2D eigenvalue weighted by Crippen LogP contribution is -2.26. The number of nitrogens with zero attached hydrogens (tertiary/aromatic N) is 1. The highest BCUT2D eigenvalue weighted by Crippen LogP contribution is 2.32. The quantitative estimate of drug-likeness (QED) is 0.899. The molecule has 0 saturated heterocycles. The van der Waals surface area contributed by atoms with Gasteiger partial charge in [0, 0.05) is 11.3 Å². The normalized spacial score (nSPS) is 22.7. The molecular weight excluding hydrogens is 247 g/mol. The lowest BCUT2D eigenvalue weighted by molar-refractivity contribution is 0.624. The van der Waals surface area contributed by atoms with Gasteiger partial charge in [0.25, 0.3) is 0 Å². The van der Waals surface area contributed by atoms with Gasteiger partial charge in [-0.25, -0.2) is 4.39 Å². The molecule has 2 atom stereocenters. The number of benzene rings is 1.